The van der Waals surface area contributed by atoms with Gasteiger partial charge in [-0.1, -0.05) is 42.5 Å². The van der Waals surface area contributed by atoms with Gasteiger partial charge in [-0.2, -0.15) is 0 Å². The number of carbonyl (C=O) groups is 1. The lowest BCUT2D eigenvalue weighted by molar-refractivity contribution is -0.405. The van der Waals surface area contributed by atoms with Crippen LogP contribution in [0.2, 0.25) is 0 Å². The zero-order chi connectivity index (χ0) is 14.2. The van der Waals surface area contributed by atoms with Crippen molar-refractivity contribution in [3.8, 4) is 0 Å². The van der Waals surface area contributed by atoms with Crippen LogP contribution < -0.4 is 11.1 Å². The third-order valence-corrected chi connectivity index (χ3v) is 4.71. The number of carbonyl (C=O) groups excluding carboxylic acids is 1. The van der Waals surface area contributed by atoms with E-state index >= 15 is 0 Å². The number of amides is 1. The summed E-state index contributed by atoms with van der Waals surface area (Å²) in [6, 6.07) is 9.43. The Balaban J connectivity index is 1.89. The second-order valence-electron chi connectivity index (χ2n) is 4.89. The highest BCUT2D eigenvalue weighted by atomic mass is 32.2. The zero-order valence-electron chi connectivity index (χ0n) is 11.0. The lowest BCUT2D eigenvalue weighted by atomic mass is 10.0. The van der Waals surface area contributed by atoms with Crippen LogP contribution in [0.3, 0.4) is 0 Å². The fourth-order valence-electron chi connectivity index (χ4n) is 2.45. The Kier molecular flexibility index (Phi) is 3.23. The molecule has 0 aromatic heterocycles. The van der Waals surface area contributed by atoms with Gasteiger partial charge in [0.2, 0.25) is 0 Å². The van der Waals surface area contributed by atoms with E-state index < -0.39 is 4.87 Å². The number of benzene rings is 1. The Morgan fingerprint density at radius 1 is 1.25 bits per heavy atom. The largest absolute Gasteiger partial charge is 0.332 e. The second kappa shape index (κ2) is 4.92. The maximum atomic E-state index is 12.3. The molecular formula is C15H16N3OS+. The quantitative estimate of drug-likeness (QED) is 0.436. The summed E-state index contributed by atoms with van der Waals surface area (Å²) in [6.07, 6.45) is 5.96. The molecule has 0 radical (unpaired) electrons. The molecule has 102 valence electrons. The molecule has 2 aliphatic rings. The molecule has 3 rings (SSSR count). The fourth-order valence-corrected chi connectivity index (χ4v) is 3.49. The van der Waals surface area contributed by atoms with Crippen molar-refractivity contribution in [2.75, 3.05) is 0 Å². The molecule has 4 nitrogen and oxygen atoms in total. The Morgan fingerprint density at radius 3 is 2.70 bits per heavy atom. The first-order valence-corrected chi connectivity index (χ1v) is 7.34. The lowest BCUT2D eigenvalue weighted by Gasteiger charge is -2.19. The number of quaternary nitrogens is 1. The third kappa shape index (κ3) is 2.09. The molecule has 1 aromatic carbocycles. The van der Waals surface area contributed by atoms with Crippen molar-refractivity contribution in [3.63, 3.8) is 0 Å². The van der Waals surface area contributed by atoms with Crippen LogP contribution in [0.5, 0.6) is 0 Å². The van der Waals surface area contributed by atoms with E-state index in [0.717, 1.165) is 29.7 Å². The normalized spacial score (nSPS) is 24.6. The molecule has 1 aliphatic heterocycles. The molecule has 0 saturated carbocycles. The average molecular weight is 286 g/mol. The first kappa shape index (κ1) is 13.1. The minimum Gasteiger partial charge on any atom is -0.332 e. The highest BCUT2D eigenvalue weighted by Gasteiger charge is 2.52. The van der Waals surface area contributed by atoms with Gasteiger partial charge in [0.25, 0.3) is 4.87 Å². The summed E-state index contributed by atoms with van der Waals surface area (Å²) in [5.41, 5.74) is 6.69. The summed E-state index contributed by atoms with van der Waals surface area (Å²) >= 11 is 1.21. The standard InChI is InChI=1S/C15H15N3OS/c16-13(10-6-2-1-3-7-10)20-15(17)11-8-4-5-9-12(11)18-14(15)19/h1-3,6-9,16H,4-5,17H2,(H,18,19)/p+1. The van der Waals surface area contributed by atoms with Crippen LogP contribution in [0.15, 0.2) is 53.8 Å². The molecule has 1 amide bonds. The molecule has 1 aliphatic carbocycles. The number of nitrogens with one attached hydrogen (secondary N) is 2. The minimum absolute atomic E-state index is 0.136. The van der Waals surface area contributed by atoms with Crippen LogP contribution in [-0.2, 0) is 4.79 Å². The van der Waals surface area contributed by atoms with E-state index in [1.807, 2.05) is 36.4 Å². The first-order valence-electron chi connectivity index (χ1n) is 6.52. The summed E-state index contributed by atoms with van der Waals surface area (Å²) < 4.78 is 0. The van der Waals surface area contributed by atoms with Crippen molar-refractivity contribution in [2.24, 2.45) is 0 Å². The van der Waals surface area contributed by atoms with Gasteiger partial charge in [-0.3, -0.25) is 10.2 Å². The topological polar surface area (TPSA) is 80.6 Å². The molecule has 1 atom stereocenters. The van der Waals surface area contributed by atoms with E-state index in [2.05, 4.69) is 17.1 Å². The SMILES string of the molecule is N=C(SC1([NH3+])C(=O)NC2=CCCC=C21)c1ccccc1. The highest BCUT2D eigenvalue weighted by Crippen LogP contribution is 2.39. The molecule has 5 N–H and O–H groups in total. The summed E-state index contributed by atoms with van der Waals surface area (Å²) in [4.78, 5) is 11.3. The van der Waals surface area contributed by atoms with Crippen LogP contribution in [0.1, 0.15) is 18.4 Å². The average Bonchev–Trinajstić information content (AvgIpc) is 2.72. The van der Waals surface area contributed by atoms with E-state index in [0.29, 0.717) is 5.04 Å². The summed E-state index contributed by atoms with van der Waals surface area (Å²) in [7, 11) is 0. The van der Waals surface area contributed by atoms with Gasteiger partial charge >= 0.3 is 5.91 Å². The molecule has 5 heteroatoms. The number of hydrogen-bond acceptors (Lipinski definition) is 3. The van der Waals surface area contributed by atoms with Gasteiger partial charge in [-0.05, 0) is 24.6 Å². The first-order chi connectivity index (χ1) is 9.61. The second-order valence-corrected chi connectivity index (χ2v) is 6.20. The van der Waals surface area contributed by atoms with Crippen molar-refractivity contribution < 1.29 is 10.5 Å². The Hall–Kier alpha value is -1.85. The molecule has 1 heterocycles. The summed E-state index contributed by atoms with van der Waals surface area (Å²) in [6.45, 7) is 0. The molecule has 1 saturated heterocycles. The molecule has 1 unspecified atom stereocenters. The van der Waals surface area contributed by atoms with Crippen LogP contribution in [0.25, 0.3) is 0 Å². The van der Waals surface area contributed by atoms with Crippen molar-refractivity contribution >= 4 is 22.7 Å². The van der Waals surface area contributed by atoms with Gasteiger partial charge in [-0.15, -0.1) is 0 Å². The van der Waals surface area contributed by atoms with Gasteiger partial charge < -0.3 is 11.1 Å². The third-order valence-electron chi connectivity index (χ3n) is 3.52. The van der Waals surface area contributed by atoms with Crippen LogP contribution in [0, 0.1) is 5.41 Å². The van der Waals surface area contributed by atoms with E-state index in [-0.39, 0.29) is 5.91 Å². The summed E-state index contributed by atoms with van der Waals surface area (Å²) in [5.74, 6) is -0.136. The molecular weight excluding hydrogens is 270 g/mol. The van der Waals surface area contributed by atoms with Gasteiger partial charge in [-0.25, -0.2) is 0 Å². The van der Waals surface area contributed by atoms with Gasteiger partial charge in [0.05, 0.1) is 5.57 Å². The maximum Gasteiger partial charge on any atom is 0.302 e. The number of fused-ring (bicyclic) bond motifs is 1. The number of hydrogen-bond donors (Lipinski definition) is 3. The Labute approximate surface area is 121 Å². The fraction of sp³-hybridized carbons (Fsp3) is 0.200. The van der Waals surface area contributed by atoms with Crippen LogP contribution in [0.4, 0.5) is 0 Å². The van der Waals surface area contributed by atoms with E-state index in [1.54, 1.807) is 0 Å². The van der Waals surface area contributed by atoms with Gasteiger partial charge in [0, 0.05) is 11.3 Å². The zero-order valence-corrected chi connectivity index (χ0v) is 11.8. The molecule has 0 spiro atoms. The van der Waals surface area contributed by atoms with Crippen molar-refractivity contribution in [3.05, 3.63) is 59.3 Å². The van der Waals surface area contributed by atoms with Crippen molar-refractivity contribution in [1.82, 2.24) is 5.32 Å². The van der Waals surface area contributed by atoms with E-state index in [9.17, 15) is 4.79 Å². The predicted octanol–water partition coefficient (Wildman–Crippen LogP) is 1.42. The molecule has 0 bridgehead atoms. The van der Waals surface area contributed by atoms with Crippen molar-refractivity contribution in [2.45, 2.75) is 17.7 Å². The monoisotopic (exact) mass is 286 g/mol. The smallest absolute Gasteiger partial charge is 0.302 e. The highest BCUT2D eigenvalue weighted by molar-refractivity contribution is 8.16. The Morgan fingerprint density at radius 2 is 1.95 bits per heavy atom. The predicted molar refractivity (Wildman–Crippen MR) is 80.0 cm³/mol. The Bertz CT molecular complexity index is 636. The van der Waals surface area contributed by atoms with E-state index in [4.69, 9.17) is 5.41 Å². The van der Waals surface area contributed by atoms with Gasteiger partial charge in [0.15, 0.2) is 0 Å². The number of allylic oxidation sites excluding steroid dienone is 2. The van der Waals surface area contributed by atoms with Crippen LogP contribution >= 0.6 is 11.8 Å². The lowest BCUT2D eigenvalue weighted by Crippen LogP contribution is -2.75. The molecule has 1 fully saturated rings. The van der Waals surface area contributed by atoms with Crippen molar-refractivity contribution in [1.29, 1.82) is 5.41 Å². The minimum atomic E-state index is -0.945. The number of thioether (sulfide) groups is 1. The molecule has 20 heavy (non-hydrogen) atoms. The summed E-state index contributed by atoms with van der Waals surface area (Å²) in [5, 5.41) is 11.5. The van der Waals surface area contributed by atoms with Gasteiger partial charge in [0.1, 0.15) is 5.04 Å². The maximum absolute atomic E-state index is 12.3. The van der Waals surface area contributed by atoms with Crippen LogP contribution in [-0.4, -0.2) is 15.8 Å². The van der Waals surface area contributed by atoms with E-state index in [1.165, 1.54) is 11.8 Å². The number of rotatable bonds is 2. The molecule has 1 aromatic rings.